The Morgan fingerprint density at radius 2 is 1.97 bits per heavy atom. The third-order valence-corrected chi connectivity index (χ3v) is 6.19. The van der Waals surface area contributed by atoms with Crippen LogP contribution in [0.4, 0.5) is 0 Å². The molecule has 1 amide bonds. The molecule has 2 rings (SSSR count). The van der Waals surface area contributed by atoms with Crippen LogP contribution in [0.25, 0.3) is 0 Å². The van der Waals surface area contributed by atoms with Crippen LogP contribution in [0.15, 0.2) is 0 Å². The van der Waals surface area contributed by atoms with E-state index in [2.05, 4.69) is 30.3 Å². The number of hydrogen-bond donors (Lipinski definition) is 4. The zero-order valence-electron chi connectivity index (χ0n) is 17.2. The first kappa shape index (κ1) is 24.4. The number of amides is 1. The Morgan fingerprint density at radius 3 is 2.48 bits per heavy atom. The number of aliphatic hydroxyl groups is 2. The molecular weight excluding hydrogens is 406 g/mol. The molecule has 1 heterocycles. The maximum Gasteiger partial charge on any atom is 0.397 e. The third-order valence-electron chi connectivity index (χ3n) is 5.73. The summed E-state index contributed by atoms with van der Waals surface area (Å²) in [6.07, 6.45) is -2.97. The molecule has 1 aliphatic carbocycles. The quantitative estimate of drug-likeness (QED) is 0.409. The van der Waals surface area contributed by atoms with E-state index in [4.69, 9.17) is 14.0 Å². The Bertz CT molecular complexity index is 656. The van der Waals surface area contributed by atoms with Crippen LogP contribution >= 0.6 is 0 Å². The molecule has 0 aromatic heterocycles. The van der Waals surface area contributed by atoms with Crippen molar-refractivity contribution >= 4 is 16.3 Å². The highest BCUT2D eigenvalue weighted by Gasteiger charge is 2.50. The summed E-state index contributed by atoms with van der Waals surface area (Å²) in [5, 5.41) is 22.8. The maximum absolute atomic E-state index is 11.7. The first-order valence-electron chi connectivity index (χ1n) is 9.95. The predicted octanol–water partition coefficient (Wildman–Crippen LogP) is 0.235. The van der Waals surface area contributed by atoms with Crippen LogP contribution in [0, 0.1) is 17.8 Å². The molecule has 0 bridgehead atoms. The molecule has 1 aliphatic heterocycles. The first-order valence-corrected chi connectivity index (χ1v) is 11.3. The molecule has 8 atom stereocenters. The second-order valence-corrected chi connectivity index (χ2v) is 9.48. The van der Waals surface area contributed by atoms with Crippen LogP contribution in [0.5, 0.6) is 0 Å². The van der Waals surface area contributed by atoms with Gasteiger partial charge in [-0.1, -0.05) is 27.2 Å². The molecular formula is C18H33NO9S. The zero-order chi connectivity index (χ0) is 21.9. The Morgan fingerprint density at radius 1 is 1.31 bits per heavy atom. The summed E-state index contributed by atoms with van der Waals surface area (Å²) in [6.45, 7) is 6.89. The van der Waals surface area contributed by atoms with Crippen molar-refractivity contribution in [3.05, 3.63) is 0 Å². The second kappa shape index (κ2) is 9.99. The lowest BCUT2D eigenvalue weighted by molar-refractivity contribution is -0.287. The average Bonchev–Trinajstić information content (AvgIpc) is 2.59. The van der Waals surface area contributed by atoms with Crippen molar-refractivity contribution in [1.29, 1.82) is 0 Å². The molecule has 0 spiro atoms. The Labute approximate surface area is 171 Å². The van der Waals surface area contributed by atoms with E-state index in [1.807, 2.05) is 0 Å². The van der Waals surface area contributed by atoms with Crippen molar-refractivity contribution in [1.82, 2.24) is 5.32 Å². The molecule has 0 aromatic carbocycles. The highest BCUT2D eigenvalue weighted by Crippen LogP contribution is 2.37. The molecule has 0 radical (unpaired) electrons. The van der Waals surface area contributed by atoms with E-state index < -0.39 is 53.6 Å². The molecule has 11 heteroatoms. The van der Waals surface area contributed by atoms with Crippen LogP contribution < -0.4 is 5.32 Å². The van der Waals surface area contributed by atoms with E-state index in [1.165, 1.54) is 6.92 Å². The molecule has 10 nitrogen and oxygen atoms in total. The summed E-state index contributed by atoms with van der Waals surface area (Å²) in [6, 6.07) is -1.15. The van der Waals surface area contributed by atoms with Crippen molar-refractivity contribution in [2.75, 3.05) is 6.61 Å². The van der Waals surface area contributed by atoms with Gasteiger partial charge in [0.2, 0.25) is 5.91 Å². The number of carbonyl (C=O) groups is 1. The second-order valence-electron chi connectivity index (χ2n) is 8.43. The maximum atomic E-state index is 11.7. The van der Waals surface area contributed by atoms with Crippen LogP contribution in [0.3, 0.4) is 0 Å². The van der Waals surface area contributed by atoms with Crippen molar-refractivity contribution in [2.45, 2.75) is 83.7 Å². The Hall–Kier alpha value is -0.820. The normalized spacial score (nSPS) is 38.8. The topological polar surface area (TPSA) is 152 Å². The molecule has 29 heavy (non-hydrogen) atoms. The minimum Gasteiger partial charge on any atom is -0.394 e. The molecule has 2 aliphatic rings. The highest BCUT2D eigenvalue weighted by atomic mass is 32.3. The fourth-order valence-electron chi connectivity index (χ4n) is 4.27. The summed E-state index contributed by atoms with van der Waals surface area (Å²) < 4.78 is 47.7. The van der Waals surface area contributed by atoms with Crippen LogP contribution in [0.1, 0.15) is 47.0 Å². The van der Waals surface area contributed by atoms with E-state index in [1.54, 1.807) is 0 Å². The van der Waals surface area contributed by atoms with Gasteiger partial charge < -0.3 is 25.0 Å². The van der Waals surface area contributed by atoms with Gasteiger partial charge in [-0.25, -0.2) is 4.18 Å². The number of carbonyl (C=O) groups excluding carboxylic acids is 1. The number of rotatable bonds is 7. The van der Waals surface area contributed by atoms with E-state index in [0.717, 1.165) is 19.3 Å². The number of nitrogens with one attached hydrogen (secondary N) is 1. The minimum atomic E-state index is -4.93. The lowest BCUT2D eigenvalue weighted by Crippen LogP contribution is -2.66. The van der Waals surface area contributed by atoms with Crippen molar-refractivity contribution in [2.24, 2.45) is 17.8 Å². The van der Waals surface area contributed by atoms with Gasteiger partial charge in [-0.15, -0.1) is 0 Å². The van der Waals surface area contributed by atoms with Crippen molar-refractivity contribution in [3.63, 3.8) is 0 Å². The third kappa shape index (κ3) is 6.58. The van der Waals surface area contributed by atoms with E-state index >= 15 is 0 Å². The monoisotopic (exact) mass is 439 g/mol. The molecule has 0 aromatic rings. The molecule has 1 saturated carbocycles. The summed E-state index contributed by atoms with van der Waals surface area (Å²) in [5.41, 5.74) is 0. The van der Waals surface area contributed by atoms with Crippen molar-refractivity contribution in [3.8, 4) is 0 Å². The standard InChI is InChI=1S/C18H33NO9S/c1-9(2)12-6-5-10(3)7-13(12)26-18-15(19-11(4)21)16(22)17(14(8-20)27-18)28-29(23,24)25/h9-10,12-18,20,22H,5-8H2,1-4H3,(H,19,21)(H,23,24,25)/t10-,12+,13-,14+,15+,16+,17-,18+/m0/s1. The SMILES string of the molecule is CC(=O)N[C@H]1[C@H](O[C@H]2C[C@@H](C)CC[C@@H]2C(C)C)O[C@H](CO)[C@H](OS(=O)(=O)O)[C@@H]1O. The van der Waals surface area contributed by atoms with Gasteiger partial charge >= 0.3 is 10.4 Å². The summed E-state index contributed by atoms with van der Waals surface area (Å²) >= 11 is 0. The number of hydrogen-bond acceptors (Lipinski definition) is 8. The highest BCUT2D eigenvalue weighted by molar-refractivity contribution is 7.80. The van der Waals surface area contributed by atoms with Gasteiger partial charge in [0.05, 0.1) is 12.7 Å². The van der Waals surface area contributed by atoms with E-state index in [-0.39, 0.29) is 12.0 Å². The predicted molar refractivity (Wildman–Crippen MR) is 102 cm³/mol. The van der Waals surface area contributed by atoms with Gasteiger partial charge in [-0.05, 0) is 30.6 Å². The van der Waals surface area contributed by atoms with Crippen molar-refractivity contribution < 1.29 is 41.6 Å². The molecule has 4 N–H and O–H groups in total. The smallest absolute Gasteiger partial charge is 0.394 e. The van der Waals surface area contributed by atoms with Gasteiger partial charge in [-0.3, -0.25) is 9.35 Å². The summed E-state index contributed by atoms with van der Waals surface area (Å²) in [4.78, 5) is 11.7. The summed E-state index contributed by atoms with van der Waals surface area (Å²) in [5.74, 6) is 0.553. The number of ether oxygens (including phenoxy) is 2. The lowest BCUT2D eigenvalue weighted by atomic mass is 9.75. The first-order chi connectivity index (χ1) is 13.4. The fourth-order valence-corrected chi connectivity index (χ4v) is 4.79. The van der Waals surface area contributed by atoms with Crippen LogP contribution in [0.2, 0.25) is 0 Å². The van der Waals surface area contributed by atoms with Gasteiger partial charge in [-0.2, -0.15) is 8.42 Å². The van der Waals surface area contributed by atoms with Gasteiger partial charge in [0, 0.05) is 6.92 Å². The van der Waals surface area contributed by atoms with Gasteiger partial charge in [0.15, 0.2) is 6.29 Å². The number of aliphatic hydroxyl groups excluding tert-OH is 2. The van der Waals surface area contributed by atoms with Crippen LogP contribution in [-0.4, -0.2) is 72.4 Å². The Balaban J connectivity index is 2.27. The lowest BCUT2D eigenvalue weighted by Gasteiger charge is -2.46. The van der Waals surface area contributed by atoms with Gasteiger partial charge in [0.1, 0.15) is 24.4 Å². The minimum absolute atomic E-state index is 0.189. The fraction of sp³-hybridized carbons (Fsp3) is 0.944. The summed E-state index contributed by atoms with van der Waals surface area (Å²) in [7, 11) is -4.93. The zero-order valence-corrected chi connectivity index (χ0v) is 18.0. The molecule has 170 valence electrons. The average molecular weight is 440 g/mol. The molecule has 1 saturated heterocycles. The Kier molecular flexibility index (Phi) is 8.42. The molecule has 2 fully saturated rings. The largest absolute Gasteiger partial charge is 0.397 e. The van der Waals surface area contributed by atoms with E-state index in [0.29, 0.717) is 11.8 Å². The van der Waals surface area contributed by atoms with E-state index in [9.17, 15) is 23.4 Å². The molecule has 0 unspecified atom stereocenters. The van der Waals surface area contributed by atoms with Gasteiger partial charge in [0.25, 0.3) is 0 Å². The van der Waals surface area contributed by atoms with Crippen LogP contribution in [-0.2, 0) is 28.9 Å².